The molecule has 0 spiro atoms. The van der Waals surface area contributed by atoms with Gasteiger partial charge in [-0.05, 0) is 43.4 Å². The highest BCUT2D eigenvalue weighted by Gasteiger charge is 2.21. The van der Waals surface area contributed by atoms with E-state index in [2.05, 4.69) is 4.98 Å². The molecule has 0 fully saturated rings. The van der Waals surface area contributed by atoms with E-state index < -0.39 is 0 Å². The third kappa shape index (κ3) is 1.51. The lowest BCUT2D eigenvalue weighted by Crippen LogP contribution is -2.00. The predicted octanol–water partition coefficient (Wildman–Crippen LogP) is 3.92. The van der Waals surface area contributed by atoms with E-state index in [1.165, 1.54) is 0 Å². The summed E-state index contributed by atoms with van der Waals surface area (Å²) in [5, 5.41) is 2.12. The van der Waals surface area contributed by atoms with E-state index in [1.807, 2.05) is 13.0 Å². The lowest BCUT2D eigenvalue weighted by molar-refractivity contribution is 0.901. The van der Waals surface area contributed by atoms with Gasteiger partial charge in [0.1, 0.15) is 0 Å². The first-order chi connectivity index (χ1) is 8.09. The minimum Gasteiger partial charge on any atom is -0.398 e. The number of anilines is 1. The second-order valence-electron chi connectivity index (χ2n) is 4.52. The molecular formula is C13H12Cl2N2. The van der Waals surface area contributed by atoms with Crippen molar-refractivity contribution in [2.75, 3.05) is 5.73 Å². The predicted molar refractivity (Wildman–Crippen MR) is 72.9 cm³/mol. The first-order valence-corrected chi connectivity index (χ1v) is 6.40. The average Bonchev–Trinajstić information content (AvgIpc) is 2.74. The summed E-state index contributed by atoms with van der Waals surface area (Å²) >= 11 is 12.6. The summed E-state index contributed by atoms with van der Waals surface area (Å²) in [5.41, 5.74) is 10.9. The molecule has 0 unspecified atom stereocenters. The molecule has 3 rings (SSSR count). The first-order valence-electron chi connectivity index (χ1n) is 5.65. The van der Waals surface area contributed by atoms with Crippen molar-refractivity contribution in [2.45, 2.75) is 26.2 Å². The topological polar surface area (TPSA) is 38.9 Å². The molecule has 1 aliphatic rings. The van der Waals surface area contributed by atoms with Crippen LogP contribution >= 0.6 is 23.2 Å². The maximum absolute atomic E-state index is 6.33. The number of nitrogens with zero attached hydrogens (tertiary/aromatic N) is 1. The van der Waals surface area contributed by atoms with Gasteiger partial charge in [-0.2, -0.15) is 0 Å². The maximum atomic E-state index is 6.33. The zero-order valence-corrected chi connectivity index (χ0v) is 11.0. The van der Waals surface area contributed by atoms with Crippen LogP contribution in [0.25, 0.3) is 10.9 Å². The van der Waals surface area contributed by atoms with Crippen LogP contribution < -0.4 is 5.73 Å². The number of hydrogen-bond acceptors (Lipinski definition) is 2. The summed E-state index contributed by atoms with van der Waals surface area (Å²) in [6.07, 6.45) is 3.08. The van der Waals surface area contributed by atoms with Gasteiger partial charge in [0.15, 0.2) is 0 Å². The number of benzene rings is 1. The van der Waals surface area contributed by atoms with E-state index >= 15 is 0 Å². The lowest BCUT2D eigenvalue weighted by Gasteiger charge is -2.12. The van der Waals surface area contributed by atoms with E-state index in [1.54, 1.807) is 0 Å². The van der Waals surface area contributed by atoms with E-state index in [4.69, 9.17) is 28.9 Å². The van der Waals surface area contributed by atoms with Crippen molar-refractivity contribution < 1.29 is 0 Å². The summed E-state index contributed by atoms with van der Waals surface area (Å²) in [6.45, 7) is 1.93. The fourth-order valence-corrected chi connectivity index (χ4v) is 3.07. The SMILES string of the molecule is Cc1cc(Cl)c2nc3c(c(N)c2c1Cl)CCC3. The van der Waals surface area contributed by atoms with E-state index in [0.717, 1.165) is 52.7 Å². The van der Waals surface area contributed by atoms with Crippen LogP contribution in [0.15, 0.2) is 6.07 Å². The van der Waals surface area contributed by atoms with Gasteiger partial charge in [0.05, 0.1) is 15.6 Å². The Bertz CT molecular complexity index is 635. The fourth-order valence-electron chi connectivity index (χ4n) is 2.52. The number of halogens is 2. The second-order valence-corrected chi connectivity index (χ2v) is 5.30. The molecular weight excluding hydrogens is 255 g/mol. The molecule has 0 aliphatic heterocycles. The molecule has 1 aromatic carbocycles. The first kappa shape index (κ1) is 11.1. The monoisotopic (exact) mass is 266 g/mol. The van der Waals surface area contributed by atoms with E-state index in [9.17, 15) is 0 Å². The van der Waals surface area contributed by atoms with Gasteiger partial charge in [0.2, 0.25) is 0 Å². The molecule has 2 N–H and O–H groups in total. The highest BCUT2D eigenvalue weighted by atomic mass is 35.5. The molecule has 0 saturated carbocycles. The molecule has 2 nitrogen and oxygen atoms in total. The molecule has 88 valence electrons. The van der Waals surface area contributed by atoms with Crippen molar-refractivity contribution in [3.63, 3.8) is 0 Å². The lowest BCUT2D eigenvalue weighted by atomic mass is 10.1. The standard InChI is InChI=1S/C13H12Cl2N2/c1-6-5-8(14)13-10(11(6)15)12(16)7-3-2-4-9(7)17-13/h5H,2-4H2,1H3,(H2,16,17). The summed E-state index contributed by atoms with van der Waals surface area (Å²) in [7, 11) is 0. The third-order valence-corrected chi connectivity index (χ3v) is 4.18. The highest BCUT2D eigenvalue weighted by molar-refractivity contribution is 6.41. The molecule has 1 aromatic heterocycles. The fraction of sp³-hybridized carbons (Fsp3) is 0.308. The molecule has 4 heteroatoms. The van der Waals surface area contributed by atoms with Crippen molar-refractivity contribution in [3.8, 4) is 0 Å². The van der Waals surface area contributed by atoms with Gasteiger partial charge in [-0.1, -0.05) is 23.2 Å². The molecule has 0 radical (unpaired) electrons. The minimum absolute atomic E-state index is 0.628. The molecule has 17 heavy (non-hydrogen) atoms. The molecule has 0 amide bonds. The normalized spacial score (nSPS) is 14.3. The van der Waals surface area contributed by atoms with Crippen LogP contribution in [0.1, 0.15) is 23.2 Å². The molecule has 0 atom stereocenters. The Labute approximate surface area is 110 Å². The van der Waals surface area contributed by atoms with Crippen molar-refractivity contribution in [1.29, 1.82) is 0 Å². The molecule has 1 aliphatic carbocycles. The number of hydrogen-bond donors (Lipinski definition) is 1. The summed E-state index contributed by atoms with van der Waals surface area (Å²) in [4.78, 5) is 4.62. The van der Waals surface area contributed by atoms with Crippen LogP contribution in [0.3, 0.4) is 0 Å². The molecule has 0 saturated heterocycles. The number of pyridine rings is 1. The van der Waals surface area contributed by atoms with Gasteiger partial charge < -0.3 is 5.73 Å². The van der Waals surface area contributed by atoms with Gasteiger partial charge in [-0.3, -0.25) is 4.98 Å². The Balaban J connectivity index is 2.52. The maximum Gasteiger partial charge on any atom is 0.0927 e. The van der Waals surface area contributed by atoms with Crippen LogP contribution in [0.2, 0.25) is 10.0 Å². The number of fused-ring (bicyclic) bond motifs is 2. The van der Waals surface area contributed by atoms with Crippen LogP contribution in [0.4, 0.5) is 5.69 Å². The van der Waals surface area contributed by atoms with E-state index in [0.29, 0.717) is 10.0 Å². The van der Waals surface area contributed by atoms with Gasteiger partial charge in [0, 0.05) is 16.8 Å². The minimum atomic E-state index is 0.628. The Hall–Kier alpha value is -0.990. The number of nitrogen functional groups attached to an aromatic ring is 1. The van der Waals surface area contributed by atoms with Crippen molar-refractivity contribution in [2.24, 2.45) is 0 Å². The molecule has 2 aromatic rings. The number of rotatable bonds is 0. The number of aryl methyl sites for hydroxylation is 2. The van der Waals surface area contributed by atoms with Crippen molar-refractivity contribution in [1.82, 2.24) is 4.98 Å². The van der Waals surface area contributed by atoms with Crippen LogP contribution in [-0.4, -0.2) is 4.98 Å². The third-order valence-electron chi connectivity index (χ3n) is 3.40. The number of aromatic nitrogens is 1. The average molecular weight is 267 g/mol. The van der Waals surface area contributed by atoms with Gasteiger partial charge in [-0.25, -0.2) is 0 Å². The van der Waals surface area contributed by atoms with Crippen molar-refractivity contribution in [3.05, 3.63) is 32.9 Å². The Morgan fingerprint density at radius 1 is 1.29 bits per heavy atom. The van der Waals surface area contributed by atoms with Crippen LogP contribution in [0, 0.1) is 6.92 Å². The van der Waals surface area contributed by atoms with Gasteiger partial charge in [0.25, 0.3) is 0 Å². The van der Waals surface area contributed by atoms with Crippen LogP contribution in [-0.2, 0) is 12.8 Å². The Morgan fingerprint density at radius 2 is 2.06 bits per heavy atom. The quantitative estimate of drug-likeness (QED) is 0.785. The summed E-state index contributed by atoms with van der Waals surface area (Å²) in [5.74, 6) is 0. The van der Waals surface area contributed by atoms with Gasteiger partial charge >= 0.3 is 0 Å². The molecule has 1 heterocycles. The number of nitrogens with two attached hydrogens (primary N) is 1. The zero-order valence-electron chi connectivity index (χ0n) is 9.48. The van der Waals surface area contributed by atoms with Crippen LogP contribution in [0.5, 0.6) is 0 Å². The summed E-state index contributed by atoms with van der Waals surface area (Å²) in [6, 6.07) is 1.85. The largest absolute Gasteiger partial charge is 0.398 e. The van der Waals surface area contributed by atoms with Crippen molar-refractivity contribution >= 4 is 39.8 Å². The summed E-state index contributed by atoms with van der Waals surface area (Å²) < 4.78 is 0. The second kappa shape index (κ2) is 3.76. The Kier molecular flexibility index (Phi) is 2.46. The van der Waals surface area contributed by atoms with E-state index in [-0.39, 0.29) is 0 Å². The zero-order chi connectivity index (χ0) is 12.2. The highest BCUT2D eigenvalue weighted by Crippen LogP contribution is 2.39. The Morgan fingerprint density at radius 3 is 2.82 bits per heavy atom. The smallest absolute Gasteiger partial charge is 0.0927 e. The molecule has 0 bridgehead atoms. The van der Waals surface area contributed by atoms with Gasteiger partial charge in [-0.15, -0.1) is 0 Å².